The Balaban J connectivity index is 1.40. The number of anilines is 1. The Hall–Kier alpha value is -2.84. The first-order valence-corrected chi connectivity index (χ1v) is 10.6. The molecule has 0 radical (unpaired) electrons. The van der Waals surface area contributed by atoms with Crippen LogP contribution in [-0.2, 0) is 12.7 Å². The van der Waals surface area contributed by atoms with Crippen LogP contribution in [0.2, 0.25) is 5.02 Å². The molecule has 1 atom stereocenters. The molecule has 0 bridgehead atoms. The number of ether oxygens (including phenoxy) is 1. The van der Waals surface area contributed by atoms with Crippen molar-refractivity contribution in [1.29, 1.82) is 0 Å². The quantitative estimate of drug-likeness (QED) is 0.490. The Kier molecular flexibility index (Phi) is 6.53. The fraction of sp³-hybridized carbons (Fsp3) is 0.304. The Labute approximate surface area is 189 Å². The molecule has 1 aliphatic heterocycles. The summed E-state index contributed by atoms with van der Waals surface area (Å²) < 4.78 is 44.8. The molecule has 9 heteroatoms. The Morgan fingerprint density at radius 3 is 2.56 bits per heavy atom. The van der Waals surface area contributed by atoms with Crippen LogP contribution in [0.25, 0.3) is 0 Å². The number of aromatic nitrogens is 2. The zero-order chi connectivity index (χ0) is 22.7. The third kappa shape index (κ3) is 5.49. The van der Waals surface area contributed by atoms with Crippen LogP contribution in [0.4, 0.5) is 19.0 Å². The fourth-order valence-electron chi connectivity index (χ4n) is 3.70. The van der Waals surface area contributed by atoms with Gasteiger partial charge in [-0.3, -0.25) is 4.90 Å². The summed E-state index contributed by atoms with van der Waals surface area (Å²) in [5.74, 6) is 1.80. The number of alkyl halides is 3. The molecule has 1 fully saturated rings. The van der Waals surface area contributed by atoms with Crippen molar-refractivity contribution in [3.05, 3.63) is 77.1 Å². The molecule has 32 heavy (non-hydrogen) atoms. The summed E-state index contributed by atoms with van der Waals surface area (Å²) in [6.07, 6.45) is -2.88. The average Bonchev–Trinajstić information content (AvgIpc) is 2.77. The first-order valence-electron chi connectivity index (χ1n) is 10.2. The first-order chi connectivity index (χ1) is 15.3. The second-order valence-electron chi connectivity index (χ2n) is 7.73. The van der Waals surface area contributed by atoms with Crippen LogP contribution >= 0.6 is 11.6 Å². The van der Waals surface area contributed by atoms with E-state index in [9.17, 15) is 13.2 Å². The van der Waals surface area contributed by atoms with E-state index in [0.29, 0.717) is 48.4 Å². The van der Waals surface area contributed by atoms with Crippen LogP contribution < -0.4 is 9.64 Å². The van der Waals surface area contributed by atoms with E-state index in [0.717, 1.165) is 11.9 Å². The summed E-state index contributed by atoms with van der Waals surface area (Å²) in [5.41, 5.74) is 0.0382. The smallest absolute Gasteiger partial charge is 0.416 e. The zero-order valence-corrected chi connectivity index (χ0v) is 18.1. The topological polar surface area (TPSA) is 41.5 Å². The van der Waals surface area contributed by atoms with Crippen molar-refractivity contribution >= 4 is 17.4 Å². The molecule has 168 valence electrons. The largest absolute Gasteiger partial charge is 0.439 e. The molecular formula is C23H22ClF3N4O. The van der Waals surface area contributed by atoms with Gasteiger partial charge in [0, 0.05) is 43.3 Å². The van der Waals surface area contributed by atoms with Crippen LogP contribution in [0.1, 0.15) is 18.1 Å². The van der Waals surface area contributed by atoms with E-state index in [1.165, 1.54) is 18.5 Å². The number of nitrogens with zero attached hydrogens (tertiary/aromatic N) is 4. The van der Waals surface area contributed by atoms with E-state index in [4.69, 9.17) is 16.3 Å². The number of halogens is 4. The zero-order valence-electron chi connectivity index (χ0n) is 17.4. The SMILES string of the molecule is C[C@H]1CN(c2cc(Oc3ccc(Cl)cc3)ncn2)CCN1Cc1cccc(C(F)(F)F)c1. The van der Waals surface area contributed by atoms with Crippen molar-refractivity contribution in [2.75, 3.05) is 24.5 Å². The lowest BCUT2D eigenvalue weighted by Gasteiger charge is -2.40. The minimum Gasteiger partial charge on any atom is -0.439 e. The minimum absolute atomic E-state index is 0.133. The Morgan fingerprint density at radius 1 is 1.06 bits per heavy atom. The van der Waals surface area contributed by atoms with Gasteiger partial charge < -0.3 is 9.64 Å². The number of benzene rings is 2. The van der Waals surface area contributed by atoms with E-state index in [1.807, 2.05) is 0 Å². The van der Waals surface area contributed by atoms with Gasteiger partial charge in [-0.1, -0.05) is 29.8 Å². The van der Waals surface area contributed by atoms with Gasteiger partial charge in [0.25, 0.3) is 0 Å². The molecule has 0 spiro atoms. The Bertz CT molecular complexity index is 1060. The second-order valence-corrected chi connectivity index (χ2v) is 8.17. The molecule has 1 aliphatic rings. The number of rotatable bonds is 5. The van der Waals surface area contributed by atoms with Crippen LogP contribution in [-0.4, -0.2) is 40.5 Å². The summed E-state index contributed by atoms with van der Waals surface area (Å²) in [6.45, 7) is 4.62. The summed E-state index contributed by atoms with van der Waals surface area (Å²) >= 11 is 5.90. The maximum atomic E-state index is 13.0. The van der Waals surface area contributed by atoms with Crippen LogP contribution in [0.5, 0.6) is 11.6 Å². The normalized spacial score (nSPS) is 17.4. The summed E-state index contributed by atoms with van der Waals surface area (Å²) in [6, 6.07) is 14.4. The van der Waals surface area contributed by atoms with Crippen LogP contribution in [0, 0.1) is 0 Å². The van der Waals surface area contributed by atoms with Gasteiger partial charge in [0.15, 0.2) is 0 Å². The van der Waals surface area contributed by atoms with Gasteiger partial charge in [-0.25, -0.2) is 9.97 Å². The van der Waals surface area contributed by atoms with Crippen LogP contribution in [0.15, 0.2) is 60.9 Å². The standard InChI is InChI=1S/C23H22ClF3N4O/c1-16-13-31(10-9-30(16)14-17-3-2-4-18(11-17)23(25,26)27)21-12-22(29-15-28-21)32-20-7-5-19(24)6-8-20/h2-8,11-12,15-16H,9-10,13-14H2,1H3/t16-/m0/s1. The van der Waals surface area contributed by atoms with Crippen molar-refractivity contribution in [3.8, 4) is 11.6 Å². The molecule has 0 unspecified atom stereocenters. The molecule has 2 heterocycles. The molecule has 0 amide bonds. The highest BCUT2D eigenvalue weighted by Crippen LogP contribution is 2.30. The van der Waals surface area contributed by atoms with Crippen molar-refractivity contribution in [3.63, 3.8) is 0 Å². The van der Waals surface area contributed by atoms with E-state index >= 15 is 0 Å². The lowest BCUT2D eigenvalue weighted by molar-refractivity contribution is -0.137. The fourth-order valence-corrected chi connectivity index (χ4v) is 3.83. The monoisotopic (exact) mass is 462 g/mol. The van der Waals surface area contributed by atoms with Gasteiger partial charge >= 0.3 is 6.18 Å². The van der Waals surface area contributed by atoms with Crippen molar-refractivity contribution in [1.82, 2.24) is 14.9 Å². The van der Waals surface area contributed by atoms with Crippen LogP contribution in [0.3, 0.4) is 0 Å². The van der Waals surface area contributed by atoms with Crippen molar-refractivity contribution in [2.24, 2.45) is 0 Å². The van der Waals surface area contributed by atoms with Gasteiger partial charge in [0.2, 0.25) is 5.88 Å². The van der Waals surface area contributed by atoms with Crippen molar-refractivity contribution in [2.45, 2.75) is 25.7 Å². The predicted molar refractivity (Wildman–Crippen MR) is 117 cm³/mol. The van der Waals surface area contributed by atoms with Gasteiger partial charge in [0.05, 0.1) is 5.56 Å². The van der Waals surface area contributed by atoms with E-state index in [-0.39, 0.29) is 6.04 Å². The Morgan fingerprint density at radius 2 is 1.84 bits per heavy atom. The molecular weight excluding hydrogens is 441 g/mol. The van der Waals surface area contributed by atoms with Gasteiger partial charge in [-0.15, -0.1) is 0 Å². The third-order valence-electron chi connectivity index (χ3n) is 5.39. The maximum Gasteiger partial charge on any atom is 0.416 e. The predicted octanol–water partition coefficient (Wildman–Crippen LogP) is 5.65. The molecule has 2 aromatic carbocycles. The number of piperazine rings is 1. The molecule has 3 aromatic rings. The summed E-state index contributed by atoms with van der Waals surface area (Å²) in [7, 11) is 0. The van der Waals surface area contributed by atoms with Gasteiger partial charge in [-0.2, -0.15) is 13.2 Å². The molecule has 4 rings (SSSR count). The lowest BCUT2D eigenvalue weighted by atomic mass is 10.1. The maximum absolute atomic E-state index is 13.0. The van der Waals surface area contributed by atoms with E-state index < -0.39 is 11.7 Å². The summed E-state index contributed by atoms with van der Waals surface area (Å²) in [4.78, 5) is 12.9. The molecule has 0 saturated carbocycles. The number of hydrogen-bond donors (Lipinski definition) is 0. The van der Waals surface area contributed by atoms with E-state index in [2.05, 4.69) is 26.7 Å². The first kappa shape index (κ1) is 22.4. The molecule has 1 aromatic heterocycles. The summed E-state index contributed by atoms with van der Waals surface area (Å²) in [5, 5.41) is 0.623. The highest BCUT2D eigenvalue weighted by Gasteiger charge is 2.31. The molecule has 5 nitrogen and oxygen atoms in total. The van der Waals surface area contributed by atoms with Crippen molar-refractivity contribution < 1.29 is 17.9 Å². The van der Waals surface area contributed by atoms with Gasteiger partial charge in [0.1, 0.15) is 17.9 Å². The average molecular weight is 463 g/mol. The van der Waals surface area contributed by atoms with Gasteiger partial charge in [-0.05, 0) is 42.8 Å². The molecule has 0 N–H and O–H groups in total. The minimum atomic E-state index is -4.33. The lowest BCUT2D eigenvalue weighted by Crippen LogP contribution is -2.51. The second kappa shape index (κ2) is 9.34. The molecule has 1 saturated heterocycles. The highest BCUT2D eigenvalue weighted by atomic mass is 35.5. The highest BCUT2D eigenvalue weighted by molar-refractivity contribution is 6.30. The van der Waals surface area contributed by atoms with E-state index in [1.54, 1.807) is 36.4 Å². The number of hydrogen-bond acceptors (Lipinski definition) is 5. The third-order valence-corrected chi connectivity index (χ3v) is 5.64. The molecule has 0 aliphatic carbocycles.